The second-order valence-corrected chi connectivity index (χ2v) is 8.21. The van der Waals surface area contributed by atoms with Gasteiger partial charge in [-0.15, -0.1) is 0 Å². The standard InChI is InChI=1S/C19H34/c1-14-12-15(2)19(16-8-4-3-5-9-16)18-11-7-6-10-17(14)13-18/h14-19H,3-13H2,1-2H3/t14?,15-,17?,18?,19?/m0/s1. The van der Waals surface area contributed by atoms with Crippen molar-refractivity contribution in [3.05, 3.63) is 0 Å². The van der Waals surface area contributed by atoms with Crippen molar-refractivity contribution in [3.8, 4) is 0 Å². The fourth-order valence-electron chi connectivity index (χ4n) is 6.07. The van der Waals surface area contributed by atoms with E-state index in [2.05, 4.69) is 13.8 Å². The Balaban J connectivity index is 1.79. The molecule has 0 heterocycles. The Morgan fingerprint density at radius 3 is 1.84 bits per heavy atom. The minimum atomic E-state index is 1.00. The van der Waals surface area contributed by atoms with E-state index >= 15 is 0 Å². The van der Waals surface area contributed by atoms with Gasteiger partial charge < -0.3 is 0 Å². The Bertz CT molecular complexity index is 276. The van der Waals surface area contributed by atoms with Crippen molar-refractivity contribution in [2.24, 2.45) is 35.5 Å². The molecule has 0 aliphatic heterocycles. The number of hydrogen-bond acceptors (Lipinski definition) is 0. The molecular weight excluding hydrogens is 228 g/mol. The Hall–Kier alpha value is 0. The van der Waals surface area contributed by atoms with Crippen molar-refractivity contribution in [1.82, 2.24) is 0 Å². The SMILES string of the molecule is CC1C[C@H](C)C(C2CCCCC2)C2CCCCC1C2. The Morgan fingerprint density at radius 2 is 1.11 bits per heavy atom. The van der Waals surface area contributed by atoms with E-state index in [1.807, 2.05) is 0 Å². The smallest absolute Gasteiger partial charge is 0.0331 e. The van der Waals surface area contributed by atoms with Crippen molar-refractivity contribution in [3.63, 3.8) is 0 Å². The first-order chi connectivity index (χ1) is 9.25. The lowest BCUT2D eigenvalue weighted by Gasteiger charge is -2.38. The molecule has 0 aromatic heterocycles. The van der Waals surface area contributed by atoms with E-state index in [9.17, 15) is 0 Å². The van der Waals surface area contributed by atoms with Crippen molar-refractivity contribution < 1.29 is 0 Å². The molecule has 0 saturated heterocycles. The lowest BCUT2D eigenvalue weighted by molar-refractivity contribution is 0.114. The molecule has 3 rings (SSSR count). The second kappa shape index (κ2) is 6.19. The molecule has 0 aromatic rings. The second-order valence-electron chi connectivity index (χ2n) is 8.21. The van der Waals surface area contributed by atoms with Crippen LogP contribution in [0.3, 0.4) is 0 Å². The number of fused-ring (bicyclic) bond motifs is 2. The van der Waals surface area contributed by atoms with E-state index < -0.39 is 0 Å². The highest BCUT2D eigenvalue weighted by Crippen LogP contribution is 2.50. The van der Waals surface area contributed by atoms with Gasteiger partial charge in [-0.1, -0.05) is 71.6 Å². The molecule has 0 N–H and O–H groups in total. The van der Waals surface area contributed by atoms with Crippen LogP contribution in [-0.4, -0.2) is 0 Å². The average molecular weight is 262 g/mol. The maximum atomic E-state index is 2.60. The van der Waals surface area contributed by atoms with Crippen LogP contribution in [0.15, 0.2) is 0 Å². The van der Waals surface area contributed by atoms with Gasteiger partial charge in [-0.3, -0.25) is 0 Å². The molecule has 110 valence electrons. The van der Waals surface area contributed by atoms with Gasteiger partial charge in [0.05, 0.1) is 0 Å². The largest absolute Gasteiger partial charge is 0.0622 e. The van der Waals surface area contributed by atoms with Crippen LogP contribution in [-0.2, 0) is 0 Å². The predicted octanol–water partition coefficient (Wildman–Crippen LogP) is 6.06. The van der Waals surface area contributed by atoms with Crippen LogP contribution < -0.4 is 0 Å². The molecule has 3 saturated carbocycles. The van der Waals surface area contributed by atoms with Crippen molar-refractivity contribution in [2.75, 3.05) is 0 Å². The van der Waals surface area contributed by atoms with Crippen LogP contribution in [0.4, 0.5) is 0 Å². The number of rotatable bonds is 1. The molecule has 19 heavy (non-hydrogen) atoms. The summed E-state index contributed by atoms with van der Waals surface area (Å²) < 4.78 is 0. The summed E-state index contributed by atoms with van der Waals surface area (Å²) in [7, 11) is 0. The molecule has 4 unspecified atom stereocenters. The summed E-state index contributed by atoms with van der Waals surface area (Å²) >= 11 is 0. The molecule has 3 fully saturated rings. The average Bonchev–Trinajstić information content (AvgIpc) is 2.71. The van der Waals surface area contributed by atoms with Gasteiger partial charge in [0, 0.05) is 0 Å². The van der Waals surface area contributed by atoms with Crippen molar-refractivity contribution in [1.29, 1.82) is 0 Å². The third-order valence-corrected chi connectivity index (χ3v) is 6.95. The highest BCUT2D eigenvalue weighted by molar-refractivity contribution is 4.90. The van der Waals surface area contributed by atoms with Gasteiger partial charge in [-0.2, -0.15) is 0 Å². The van der Waals surface area contributed by atoms with Crippen LogP contribution in [0.1, 0.15) is 84.5 Å². The van der Waals surface area contributed by atoms with E-state index in [0.717, 1.165) is 35.5 Å². The third kappa shape index (κ3) is 3.03. The summed E-state index contributed by atoms with van der Waals surface area (Å²) in [5.41, 5.74) is 0. The maximum Gasteiger partial charge on any atom is -0.0331 e. The molecule has 5 atom stereocenters. The fraction of sp³-hybridized carbons (Fsp3) is 1.00. The van der Waals surface area contributed by atoms with E-state index in [1.165, 1.54) is 38.5 Å². The van der Waals surface area contributed by atoms with Crippen LogP contribution in [0.25, 0.3) is 0 Å². The predicted molar refractivity (Wildman–Crippen MR) is 83.1 cm³/mol. The highest BCUT2D eigenvalue weighted by atomic mass is 14.5. The molecule has 2 bridgehead atoms. The van der Waals surface area contributed by atoms with Gasteiger partial charge in [-0.05, 0) is 48.3 Å². The van der Waals surface area contributed by atoms with Gasteiger partial charge in [0.1, 0.15) is 0 Å². The quantitative estimate of drug-likeness (QED) is 0.539. The van der Waals surface area contributed by atoms with Crippen molar-refractivity contribution in [2.45, 2.75) is 84.5 Å². The minimum absolute atomic E-state index is 1.00. The zero-order valence-electron chi connectivity index (χ0n) is 13.2. The third-order valence-electron chi connectivity index (χ3n) is 6.95. The lowest BCUT2D eigenvalue weighted by atomic mass is 9.67. The normalized spacial score (nSPS) is 45.5. The van der Waals surface area contributed by atoms with Crippen LogP contribution in [0.5, 0.6) is 0 Å². The van der Waals surface area contributed by atoms with E-state index in [0.29, 0.717) is 0 Å². The van der Waals surface area contributed by atoms with Gasteiger partial charge >= 0.3 is 0 Å². The first-order valence-electron chi connectivity index (χ1n) is 9.25. The lowest BCUT2D eigenvalue weighted by Crippen LogP contribution is -2.30. The fourth-order valence-corrected chi connectivity index (χ4v) is 6.07. The Morgan fingerprint density at radius 1 is 0.526 bits per heavy atom. The van der Waals surface area contributed by atoms with Gasteiger partial charge in [0.25, 0.3) is 0 Å². The summed E-state index contributed by atoms with van der Waals surface area (Å²) in [5, 5.41) is 0. The summed E-state index contributed by atoms with van der Waals surface area (Å²) in [4.78, 5) is 0. The van der Waals surface area contributed by atoms with Gasteiger partial charge in [0.2, 0.25) is 0 Å². The zero-order valence-corrected chi connectivity index (χ0v) is 13.2. The minimum Gasteiger partial charge on any atom is -0.0622 e. The first kappa shape index (κ1) is 14.0. The van der Waals surface area contributed by atoms with Crippen LogP contribution in [0.2, 0.25) is 0 Å². The summed E-state index contributed by atoms with van der Waals surface area (Å²) in [6.07, 6.45) is 17.0. The van der Waals surface area contributed by atoms with Crippen LogP contribution >= 0.6 is 0 Å². The monoisotopic (exact) mass is 262 g/mol. The number of hydrogen-bond donors (Lipinski definition) is 0. The zero-order chi connectivity index (χ0) is 13.2. The highest BCUT2D eigenvalue weighted by Gasteiger charge is 2.40. The molecule has 0 heteroatoms. The maximum absolute atomic E-state index is 2.60. The van der Waals surface area contributed by atoms with Gasteiger partial charge in [0.15, 0.2) is 0 Å². The topological polar surface area (TPSA) is 0 Å². The Kier molecular flexibility index (Phi) is 4.54. The molecule has 0 amide bonds. The Labute approximate surface area is 120 Å². The molecule has 0 nitrogen and oxygen atoms in total. The molecule has 0 aromatic carbocycles. The van der Waals surface area contributed by atoms with Crippen LogP contribution in [0, 0.1) is 35.5 Å². The molecule has 3 aliphatic rings. The molecule has 0 spiro atoms. The van der Waals surface area contributed by atoms with Crippen molar-refractivity contribution >= 4 is 0 Å². The van der Waals surface area contributed by atoms with E-state index in [-0.39, 0.29) is 0 Å². The van der Waals surface area contributed by atoms with Gasteiger partial charge in [-0.25, -0.2) is 0 Å². The summed E-state index contributed by atoms with van der Waals surface area (Å²) in [6, 6.07) is 0. The molecule has 0 radical (unpaired) electrons. The first-order valence-corrected chi connectivity index (χ1v) is 9.25. The van der Waals surface area contributed by atoms with E-state index in [1.54, 1.807) is 32.1 Å². The molecular formula is C19H34. The molecule has 3 aliphatic carbocycles. The summed E-state index contributed by atoms with van der Waals surface area (Å²) in [5.74, 6) is 6.36. The van der Waals surface area contributed by atoms with E-state index in [4.69, 9.17) is 0 Å². The summed E-state index contributed by atoms with van der Waals surface area (Å²) in [6.45, 7) is 5.17.